The summed E-state index contributed by atoms with van der Waals surface area (Å²) in [7, 11) is 0. The van der Waals surface area contributed by atoms with E-state index in [0.29, 0.717) is 23.7 Å². The maximum absolute atomic E-state index is 5.86. The van der Waals surface area contributed by atoms with Crippen LogP contribution in [0.15, 0.2) is 10.9 Å². The fourth-order valence-electron chi connectivity index (χ4n) is 1.03. The lowest BCUT2D eigenvalue weighted by Gasteiger charge is -1.98. The summed E-state index contributed by atoms with van der Waals surface area (Å²) >= 11 is 11.7. The number of hydrogen-bond acceptors (Lipinski definition) is 5. The van der Waals surface area contributed by atoms with Crippen molar-refractivity contribution in [3.8, 4) is 11.4 Å². The molecule has 15 heavy (non-hydrogen) atoms. The second-order valence-electron chi connectivity index (χ2n) is 2.70. The fraction of sp³-hybridized carbons (Fsp3) is 0.250. The monoisotopic (exact) mass is 244 g/mol. The summed E-state index contributed by atoms with van der Waals surface area (Å²) in [6, 6.07) is 0. The summed E-state index contributed by atoms with van der Waals surface area (Å²) in [6.07, 6.45) is 1.92. The van der Waals surface area contributed by atoms with E-state index >= 15 is 0 Å². The Morgan fingerprint density at radius 2 is 1.93 bits per heavy atom. The Bertz CT molecular complexity index is 465. The van der Waals surface area contributed by atoms with Crippen LogP contribution in [-0.4, -0.2) is 20.1 Å². The highest BCUT2D eigenvalue weighted by Gasteiger charge is 2.16. The van der Waals surface area contributed by atoms with Crippen molar-refractivity contribution in [1.82, 2.24) is 20.1 Å². The summed E-state index contributed by atoms with van der Waals surface area (Å²) in [4.78, 5) is 11.7. The maximum Gasteiger partial charge on any atom is 0.226 e. The van der Waals surface area contributed by atoms with Gasteiger partial charge in [0.2, 0.25) is 11.7 Å². The minimum Gasteiger partial charge on any atom is -0.339 e. The maximum atomic E-state index is 5.86. The predicted octanol–water partition coefficient (Wildman–Crippen LogP) is 2.40. The van der Waals surface area contributed by atoms with Gasteiger partial charge in [-0.25, -0.2) is 9.97 Å². The van der Waals surface area contributed by atoms with Gasteiger partial charge in [0.15, 0.2) is 0 Å². The highest BCUT2D eigenvalue weighted by Crippen LogP contribution is 2.29. The molecule has 0 aliphatic carbocycles. The molecule has 0 radical (unpaired) electrons. The Kier molecular flexibility index (Phi) is 2.83. The van der Waals surface area contributed by atoms with Crippen LogP contribution in [0.5, 0.6) is 0 Å². The smallest absolute Gasteiger partial charge is 0.226 e. The summed E-state index contributed by atoms with van der Waals surface area (Å²) in [5.74, 6) is 0.823. The van der Waals surface area contributed by atoms with Crippen molar-refractivity contribution in [3.05, 3.63) is 22.5 Å². The van der Waals surface area contributed by atoms with Crippen LogP contribution in [0.2, 0.25) is 10.3 Å². The van der Waals surface area contributed by atoms with Crippen LogP contribution in [-0.2, 0) is 6.42 Å². The van der Waals surface area contributed by atoms with E-state index in [2.05, 4.69) is 20.1 Å². The molecule has 0 saturated carbocycles. The van der Waals surface area contributed by atoms with Gasteiger partial charge >= 0.3 is 0 Å². The molecule has 0 aromatic carbocycles. The van der Waals surface area contributed by atoms with Crippen molar-refractivity contribution in [2.24, 2.45) is 0 Å². The van der Waals surface area contributed by atoms with Crippen molar-refractivity contribution in [3.63, 3.8) is 0 Å². The van der Waals surface area contributed by atoms with E-state index in [-0.39, 0.29) is 10.3 Å². The van der Waals surface area contributed by atoms with E-state index in [1.165, 1.54) is 6.33 Å². The average molecular weight is 245 g/mol. The molecule has 0 N–H and O–H groups in total. The summed E-state index contributed by atoms with van der Waals surface area (Å²) in [5.41, 5.74) is 0.393. The number of nitrogens with zero attached hydrogens (tertiary/aromatic N) is 4. The number of halogens is 2. The van der Waals surface area contributed by atoms with E-state index in [4.69, 9.17) is 27.7 Å². The minimum absolute atomic E-state index is 0.207. The van der Waals surface area contributed by atoms with E-state index in [0.717, 1.165) is 0 Å². The van der Waals surface area contributed by atoms with Gasteiger partial charge in [0.1, 0.15) is 16.6 Å². The Hall–Kier alpha value is -1.20. The number of rotatable bonds is 2. The molecule has 2 aromatic rings. The zero-order valence-electron chi connectivity index (χ0n) is 7.74. The van der Waals surface area contributed by atoms with E-state index in [1.807, 2.05) is 6.92 Å². The molecule has 0 saturated heterocycles. The molecule has 0 bridgehead atoms. The van der Waals surface area contributed by atoms with Gasteiger partial charge in [0.25, 0.3) is 0 Å². The molecule has 5 nitrogen and oxygen atoms in total. The Morgan fingerprint density at radius 1 is 1.27 bits per heavy atom. The first-order valence-corrected chi connectivity index (χ1v) is 4.97. The van der Waals surface area contributed by atoms with E-state index in [9.17, 15) is 0 Å². The van der Waals surface area contributed by atoms with Crippen molar-refractivity contribution < 1.29 is 4.52 Å². The summed E-state index contributed by atoms with van der Waals surface area (Å²) in [6.45, 7) is 1.90. The van der Waals surface area contributed by atoms with Crippen LogP contribution in [0.3, 0.4) is 0 Å². The third-order valence-corrected chi connectivity index (χ3v) is 2.32. The van der Waals surface area contributed by atoms with Gasteiger partial charge in [0, 0.05) is 6.42 Å². The Morgan fingerprint density at radius 3 is 2.47 bits per heavy atom. The normalized spacial score (nSPS) is 10.6. The standard InChI is InChI=1S/C8H6Cl2N4O/c1-2-4-13-8(14-15-4)5-6(9)11-3-12-7(5)10/h3H,2H2,1H3. The molecular formula is C8H6Cl2N4O. The van der Waals surface area contributed by atoms with Crippen molar-refractivity contribution in [2.45, 2.75) is 13.3 Å². The molecule has 2 heterocycles. The fourth-order valence-corrected chi connectivity index (χ4v) is 1.51. The van der Waals surface area contributed by atoms with Gasteiger partial charge in [-0.1, -0.05) is 35.3 Å². The van der Waals surface area contributed by atoms with Gasteiger partial charge in [0.05, 0.1) is 5.56 Å². The highest BCUT2D eigenvalue weighted by molar-refractivity contribution is 6.37. The lowest BCUT2D eigenvalue weighted by atomic mass is 10.3. The number of hydrogen-bond donors (Lipinski definition) is 0. The van der Waals surface area contributed by atoms with E-state index in [1.54, 1.807) is 0 Å². The molecule has 0 fully saturated rings. The first kappa shape index (κ1) is 10.3. The molecule has 0 spiro atoms. The average Bonchev–Trinajstić information content (AvgIpc) is 2.66. The first-order valence-electron chi connectivity index (χ1n) is 4.21. The Labute approximate surface area is 95.4 Å². The largest absolute Gasteiger partial charge is 0.339 e. The third kappa shape index (κ3) is 1.93. The highest BCUT2D eigenvalue weighted by atomic mass is 35.5. The second kappa shape index (κ2) is 4.12. The zero-order valence-corrected chi connectivity index (χ0v) is 9.25. The molecule has 0 unspecified atom stereocenters. The molecule has 7 heteroatoms. The van der Waals surface area contributed by atoms with Crippen LogP contribution in [0.25, 0.3) is 11.4 Å². The third-order valence-electron chi connectivity index (χ3n) is 1.75. The van der Waals surface area contributed by atoms with Crippen molar-refractivity contribution in [2.75, 3.05) is 0 Å². The number of aromatic nitrogens is 4. The van der Waals surface area contributed by atoms with Crippen LogP contribution in [0.4, 0.5) is 0 Å². The lowest BCUT2D eigenvalue weighted by Crippen LogP contribution is -1.90. The topological polar surface area (TPSA) is 64.7 Å². The molecule has 0 aliphatic rings. The van der Waals surface area contributed by atoms with Crippen LogP contribution < -0.4 is 0 Å². The Balaban J connectivity index is 2.53. The molecule has 0 atom stereocenters. The van der Waals surface area contributed by atoms with Crippen molar-refractivity contribution in [1.29, 1.82) is 0 Å². The van der Waals surface area contributed by atoms with Gasteiger partial charge in [-0.3, -0.25) is 0 Å². The van der Waals surface area contributed by atoms with Crippen LogP contribution in [0, 0.1) is 0 Å². The lowest BCUT2D eigenvalue weighted by molar-refractivity contribution is 0.383. The molecule has 0 aliphatic heterocycles. The van der Waals surface area contributed by atoms with Gasteiger partial charge in [-0.15, -0.1) is 0 Å². The van der Waals surface area contributed by atoms with Crippen LogP contribution >= 0.6 is 23.2 Å². The minimum atomic E-state index is 0.207. The quantitative estimate of drug-likeness (QED) is 0.760. The first-order chi connectivity index (χ1) is 7.22. The predicted molar refractivity (Wildman–Crippen MR) is 54.7 cm³/mol. The second-order valence-corrected chi connectivity index (χ2v) is 3.41. The molecule has 2 aromatic heterocycles. The molecular weight excluding hydrogens is 239 g/mol. The van der Waals surface area contributed by atoms with Gasteiger partial charge in [-0.05, 0) is 0 Å². The number of aryl methyl sites for hydroxylation is 1. The van der Waals surface area contributed by atoms with E-state index < -0.39 is 0 Å². The van der Waals surface area contributed by atoms with Gasteiger partial charge < -0.3 is 4.52 Å². The van der Waals surface area contributed by atoms with Crippen LogP contribution in [0.1, 0.15) is 12.8 Å². The SMILES string of the molecule is CCc1nc(-c2c(Cl)ncnc2Cl)no1. The summed E-state index contributed by atoms with van der Waals surface area (Å²) in [5, 5.41) is 4.16. The zero-order chi connectivity index (χ0) is 10.8. The van der Waals surface area contributed by atoms with Crippen molar-refractivity contribution >= 4 is 23.2 Å². The molecule has 0 amide bonds. The summed E-state index contributed by atoms with van der Waals surface area (Å²) < 4.78 is 4.94. The molecule has 2 rings (SSSR count). The van der Waals surface area contributed by atoms with Gasteiger partial charge in [-0.2, -0.15) is 4.98 Å². The molecule has 78 valence electrons.